The van der Waals surface area contributed by atoms with E-state index in [1.807, 2.05) is 0 Å². The fourth-order valence-corrected chi connectivity index (χ4v) is 4.09. The monoisotopic (exact) mass is 475 g/mol. The Kier molecular flexibility index (Phi) is 5.34. The largest absolute Gasteiger partial charge is 0.476 e. The van der Waals surface area contributed by atoms with E-state index >= 15 is 0 Å². The van der Waals surface area contributed by atoms with E-state index in [1.54, 1.807) is 26.0 Å². The number of benzene rings is 1. The number of carbonyl (C=O) groups excluding carboxylic acids is 1. The number of carbonyl (C=O) groups is 1. The molecule has 1 saturated carbocycles. The molecule has 33 heavy (non-hydrogen) atoms. The third-order valence-corrected chi connectivity index (χ3v) is 6.10. The van der Waals surface area contributed by atoms with Gasteiger partial charge in [-0.25, -0.2) is 4.98 Å². The van der Waals surface area contributed by atoms with Crippen LogP contribution in [0.5, 0.6) is 5.88 Å². The Morgan fingerprint density at radius 2 is 1.91 bits per heavy atom. The summed E-state index contributed by atoms with van der Waals surface area (Å²) in [5.41, 5.74) is 3.25. The van der Waals surface area contributed by atoms with Crippen LogP contribution < -0.4 is 20.3 Å². The molecule has 1 saturated heterocycles. The van der Waals surface area contributed by atoms with Crippen LogP contribution in [0.2, 0.25) is 0 Å². The Bertz CT molecular complexity index is 1170. The molecule has 0 atom stereocenters. The summed E-state index contributed by atoms with van der Waals surface area (Å²) in [5, 5.41) is 9.03. The van der Waals surface area contributed by atoms with Crippen molar-refractivity contribution in [1.82, 2.24) is 4.98 Å². The quantitative estimate of drug-likeness (QED) is 0.658. The summed E-state index contributed by atoms with van der Waals surface area (Å²) in [5.74, 6) is -0.145. The lowest BCUT2D eigenvalue weighted by Crippen LogP contribution is -2.44. The maximum atomic E-state index is 13.4. The third-order valence-electron chi connectivity index (χ3n) is 5.73. The Balaban J connectivity index is 1.64. The van der Waals surface area contributed by atoms with E-state index in [0.29, 0.717) is 18.2 Å². The van der Waals surface area contributed by atoms with Crippen LogP contribution in [0.1, 0.15) is 37.8 Å². The Morgan fingerprint density at radius 1 is 1.24 bits per heavy atom. The van der Waals surface area contributed by atoms with Gasteiger partial charge in [-0.05, 0) is 63.2 Å². The molecule has 1 aromatic carbocycles. The molecule has 1 amide bonds. The van der Waals surface area contributed by atoms with E-state index in [0.717, 1.165) is 29.9 Å². The SMILES string of the molecule is CC1(C)C(=O)N(c2ccc(C#N)c(C(F)(F)F)c2)C(=S)N1c1ccc(OCC2(N)CC2)nc1. The van der Waals surface area contributed by atoms with Crippen LogP contribution in [0.4, 0.5) is 24.5 Å². The number of hydrogen-bond donors (Lipinski definition) is 1. The first-order chi connectivity index (χ1) is 15.4. The summed E-state index contributed by atoms with van der Waals surface area (Å²) in [6, 6.07) is 7.88. The van der Waals surface area contributed by atoms with Crippen LogP contribution in [0, 0.1) is 11.3 Å². The maximum absolute atomic E-state index is 13.4. The summed E-state index contributed by atoms with van der Waals surface area (Å²) in [7, 11) is 0. The minimum atomic E-state index is -4.76. The van der Waals surface area contributed by atoms with E-state index in [4.69, 9.17) is 28.0 Å². The fourth-order valence-electron chi connectivity index (χ4n) is 3.57. The van der Waals surface area contributed by atoms with E-state index in [9.17, 15) is 18.0 Å². The molecule has 0 spiro atoms. The molecule has 172 valence electrons. The van der Waals surface area contributed by atoms with Crippen LogP contribution in [-0.2, 0) is 11.0 Å². The second kappa shape index (κ2) is 7.67. The van der Waals surface area contributed by atoms with Gasteiger partial charge >= 0.3 is 6.18 Å². The fraction of sp³-hybridized carbons (Fsp3) is 0.364. The second-order valence-corrected chi connectivity index (χ2v) is 9.03. The zero-order chi connectivity index (χ0) is 24.2. The van der Waals surface area contributed by atoms with Crippen molar-refractivity contribution in [1.29, 1.82) is 5.26 Å². The van der Waals surface area contributed by atoms with Gasteiger partial charge in [0.05, 0.1) is 40.3 Å². The van der Waals surface area contributed by atoms with Crippen LogP contribution >= 0.6 is 12.2 Å². The van der Waals surface area contributed by atoms with Crippen molar-refractivity contribution in [3.05, 3.63) is 47.7 Å². The highest BCUT2D eigenvalue weighted by molar-refractivity contribution is 7.81. The number of aromatic nitrogens is 1. The van der Waals surface area contributed by atoms with Crippen LogP contribution in [0.25, 0.3) is 0 Å². The lowest BCUT2D eigenvalue weighted by atomic mass is 10.0. The number of ether oxygens (including phenoxy) is 1. The number of nitriles is 1. The summed E-state index contributed by atoms with van der Waals surface area (Å²) < 4.78 is 45.9. The van der Waals surface area contributed by atoms with Gasteiger partial charge in [-0.3, -0.25) is 9.69 Å². The highest BCUT2D eigenvalue weighted by Crippen LogP contribution is 2.39. The van der Waals surface area contributed by atoms with Gasteiger partial charge in [0.2, 0.25) is 5.88 Å². The first-order valence-electron chi connectivity index (χ1n) is 10.1. The molecule has 1 aromatic heterocycles. The molecule has 2 heterocycles. The molecule has 2 fully saturated rings. The third kappa shape index (κ3) is 4.12. The number of pyridine rings is 1. The molecule has 0 unspecified atom stereocenters. The minimum absolute atomic E-state index is 0.00260. The molecule has 1 aliphatic carbocycles. The van der Waals surface area contributed by atoms with Crippen molar-refractivity contribution in [2.24, 2.45) is 5.73 Å². The van der Waals surface area contributed by atoms with Gasteiger partial charge in [0.25, 0.3) is 5.91 Å². The average Bonchev–Trinajstić information content (AvgIpc) is 3.46. The van der Waals surface area contributed by atoms with E-state index in [-0.39, 0.29) is 16.3 Å². The number of nitrogens with zero attached hydrogens (tertiary/aromatic N) is 4. The van der Waals surface area contributed by atoms with Crippen LogP contribution in [-0.4, -0.2) is 33.7 Å². The van der Waals surface area contributed by atoms with E-state index in [1.165, 1.54) is 23.2 Å². The van der Waals surface area contributed by atoms with Crippen molar-refractivity contribution in [3.63, 3.8) is 0 Å². The van der Waals surface area contributed by atoms with Gasteiger partial charge < -0.3 is 15.4 Å². The van der Waals surface area contributed by atoms with Crippen LogP contribution in [0.15, 0.2) is 36.5 Å². The number of nitrogens with two attached hydrogens (primary N) is 1. The second-order valence-electron chi connectivity index (χ2n) is 8.66. The normalized spacial score (nSPS) is 18.9. The van der Waals surface area contributed by atoms with Crippen molar-refractivity contribution in [3.8, 4) is 11.9 Å². The predicted octanol–water partition coefficient (Wildman–Crippen LogP) is 3.76. The van der Waals surface area contributed by atoms with Gasteiger partial charge in [-0.2, -0.15) is 18.4 Å². The highest BCUT2D eigenvalue weighted by Gasteiger charge is 2.51. The number of anilines is 2. The molecular weight excluding hydrogens is 455 g/mol. The average molecular weight is 475 g/mol. The van der Waals surface area contributed by atoms with Crippen LogP contribution in [0.3, 0.4) is 0 Å². The first kappa shape index (κ1) is 22.9. The Hall–Kier alpha value is -3.23. The zero-order valence-electron chi connectivity index (χ0n) is 17.8. The van der Waals surface area contributed by atoms with Gasteiger partial charge in [-0.1, -0.05) is 0 Å². The number of hydrogen-bond acceptors (Lipinski definition) is 6. The molecule has 11 heteroatoms. The minimum Gasteiger partial charge on any atom is -0.476 e. The number of halogens is 3. The molecule has 0 bridgehead atoms. The number of amides is 1. The zero-order valence-corrected chi connectivity index (χ0v) is 18.6. The maximum Gasteiger partial charge on any atom is 0.417 e. The van der Waals surface area contributed by atoms with Crippen molar-refractivity contribution in [2.75, 3.05) is 16.4 Å². The molecule has 0 radical (unpaired) electrons. The number of thiocarbonyl (C=S) groups is 1. The first-order valence-corrected chi connectivity index (χ1v) is 10.5. The summed E-state index contributed by atoms with van der Waals surface area (Å²) in [6.45, 7) is 3.58. The molecule has 1 aliphatic heterocycles. The summed E-state index contributed by atoms with van der Waals surface area (Å²) >= 11 is 5.50. The van der Waals surface area contributed by atoms with Gasteiger partial charge in [0, 0.05) is 6.07 Å². The van der Waals surface area contributed by atoms with E-state index in [2.05, 4.69) is 4.98 Å². The van der Waals surface area contributed by atoms with Gasteiger partial charge in [-0.15, -0.1) is 0 Å². The number of alkyl halides is 3. The Labute approximate surface area is 193 Å². The summed E-state index contributed by atoms with van der Waals surface area (Å²) in [6.07, 6.45) is -1.49. The van der Waals surface area contributed by atoms with E-state index < -0.39 is 28.7 Å². The smallest absolute Gasteiger partial charge is 0.417 e. The van der Waals surface area contributed by atoms with Crippen molar-refractivity contribution < 1.29 is 22.7 Å². The topological polar surface area (TPSA) is 95.5 Å². The lowest BCUT2D eigenvalue weighted by Gasteiger charge is -2.29. The summed E-state index contributed by atoms with van der Waals surface area (Å²) in [4.78, 5) is 20.0. The molecule has 2 N–H and O–H groups in total. The molecule has 7 nitrogen and oxygen atoms in total. The number of rotatable bonds is 5. The highest BCUT2D eigenvalue weighted by atomic mass is 32.1. The molecule has 2 aromatic rings. The molecule has 4 rings (SSSR count). The van der Waals surface area contributed by atoms with Crippen molar-refractivity contribution >= 4 is 34.6 Å². The predicted molar refractivity (Wildman–Crippen MR) is 119 cm³/mol. The Morgan fingerprint density at radius 3 is 2.45 bits per heavy atom. The molecular formula is C22H20F3N5O2S. The van der Waals surface area contributed by atoms with Gasteiger partial charge in [0.1, 0.15) is 12.1 Å². The molecule has 2 aliphatic rings. The standard InChI is InChI=1S/C22H20F3N5O2S/c1-20(2)18(31)29(14-4-3-13(10-26)16(9-14)22(23,24)25)19(33)30(20)15-5-6-17(28-11-15)32-12-21(27)7-8-21/h3-6,9,11H,7-8,12,27H2,1-2H3. The lowest BCUT2D eigenvalue weighted by molar-refractivity contribution is -0.137. The van der Waals surface area contributed by atoms with Crippen molar-refractivity contribution in [2.45, 2.75) is 43.9 Å². The van der Waals surface area contributed by atoms with Gasteiger partial charge in [0.15, 0.2) is 5.11 Å².